The molecule has 1 aliphatic rings. The molecule has 4 rings (SSSR count). The van der Waals surface area contributed by atoms with Gasteiger partial charge in [0, 0.05) is 16.8 Å². The molecule has 0 heterocycles. The van der Waals surface area contributed by atoms with Crippen LogP contribution >= 0.6 is 0 Å². The van der Waals surface area contributed by atoms with Crippen molar-refractivity contribution in [3.05, 3.63) is 81.4 Å². The number of nitrogens with two attached hydrogens (primary N) is 1. The zero-order chi connectivity index (χ0) is 24.1. The van der Waals surface area contributed by atoms with Crippen LogP contribution in [0, 0.1) is 6.92 Å². The van der Waals surface area contributed by atoms with Crippen molar-refractivity contribution in [1.82, 2.24) is 0 Å². The second-order valence-electron chi connectivity index (χ2n) is 8.03. The van der Waals surface area contributed by atoms with Crippen LogP contribution in [0.4, 0.5) is 17.1 Å². The average Bonchev–Trinajstić information content (AvgIpc) is 2.78. The van der Waals surface area contributed by atoms with E-state index in [0.29, 0.717) is 18.5 Å². The van der Waals surface area contributed by atoms with E-state index >= 15 is 0 Å². The summed E-state index contributed by atoms with van der Waals surface area (Å²) in [6.45, 7) is 5.95. The summed E-state index contributed by atoms with van der Waals surface area (Å²) >= 11 is 0. The number of fused-ring (bicyclic) bond motifs is 2. The quantitative estimate of drug-likeness (QED) is 0.246. The van der Waals surface area contributed by atoms with Gasteiger partial charge in [0.25, 0.3) is 0 Å². The number of aryl methyl sites for hydroxylation is 3. The van der Waals surface area contributed by atoms with Crippen LogP contribution in [0.15, 0.2) is 47.4 Å². The van der Waals surface area contributed by atoms with Crippen molar-refractivity contribution < 1.29 is 52.1 Å². The normalized spacial score (nSPS) is 12.6. The number of ketones is 2. The fourth-order valence-corrected chi connectivity index (χ4v) is 5.03. The minimum Gasteiger partial charge on any atom is -0.744 e. The summed E-state index contributed by atoms with van der Waals surface area (Å²) in [7, 11) is -5.02. The van der Waals surface area contributed by atoms with Gasteiger partial charge in [0.2, 0.25) is 0 Å². The number of hydrogen-bond acceptors (Lipinski definition) is 7. The number of nitrogen functional groups attached to an aromatic ring is 1. The van der Waals surface area contributed by atoms with Gasteiger partial charge in [0.15, 0.2) is 11.6 Å². The molecular formula is C25H23N2NaO5S. The summed E-state index contributed by atoms with van der Waals surface area (Å²) in [5.74, 6) is -1.06. The molecule has 0 spiro atoms. The van der Waals surface area contributed by atoms with E-state index in [1.54, 1.807) is 12.1 Å². The second kappa shape index (κ2) is 9.64. The number of rotatable bonds is 5. The van der Waals surface area contributed by atoms with E-state index in [2.05, 4.69) is 5.32 Å². The molecule has 0 unspecified atom stereocenters. The van der Waals surface area contributed by atoms with Crippen LogP contribution in [0.3, 0.4) is 0 Å². The SMILES string of the molecule is CCc1cc(C)cc(CC)c1Nc1cc(S(=O)(=O)[O-])c(N)c2c1C(=O)c1ccccc1C2=O.[Na+]. The fourth-order valence-electron chi connectivity index (χ4n) is 4.39. The molecule has 7 nitrogen and oxygen atoms in total. The first-order chi connectivity index (χ1) is 15.6. The maximum atomic E-state index is 13.5. The van der Waals surface area contributed by atoms with Gasteiger partial charge in [-0.3, -0.25) is 9.59 Å². The van der Waals surface area contributed by atoms with E-state index in [1.807, 2.05) is 32.9 Å². The Bertz CT molecular complexity index is 1420. The summed E-state index contributed by atoms with van der Waals surface area (Å²) in [6, 6.07) is 11.3. The summed E-state index contributed by atoms with van der Waals surface area (Å²) in [6.07, 6.45) is 1.35. The maximum absolute atomic E-state index is 13.5. The first kappa shape index (κ1) is 26.1. The third-order valence-electron chi connectivity index (χ3n) is 5.94. The van der Waals surface area contributed by atoms with Crippen LogP contribution in [0.25, 0.3) is 0 Å². The standard InChI is InChI=1S/C25H24N2O5S.Na/c1-4-14-10-13(3)11-15(5-2)23(14)27-18-12-19(33(30,31)32)22(26)21-20(18)24(28)16-8-6-7-9-17(16)25(21)29;/h6-12,27H,4-5,26H2,1-3H3,(H,30,31,32);/q;+1/p-1. The molecule has 34 heavy (non-hydrogen) atoms. The van der Waals surface area contributed by atoms with Crippen LogP contribution in [0.2, 0.25) is 0 Å². The Morgan fingerprint density at radius 2 is 1.41 bits per heavy atom. The first-order valence-electron chi connectivity index (χ1n) is 10.6. The predicted molar refractivity (Wildman–Crippen MR) is 125 cm³/mol. The molecule has 170 valence electrons. The Labute approximate surface area is 220 Å². The Morgan fingerprint density at radius 1 is 0.912 bits per heavy atom. The van der Waals surface area contributed by atoms with E-state index in [1.165, 1.54) is 12.1 Å². The number of anilines is 3. The third-order valence-corrected chi connectivity index (χ3v) is 6.81. The molecule has 0 saturated heterocycles. The summed E-state index contributed by atoms with van der Waals surface area (Å²) in [5, 5.41) is 3.19. The smallest absolute Gasteiger partial charge is 0.744 e. The molecule has 0 radical (unpaired) electrons. The zero-order valence-electron chi connectivity index (χ0n) is 19.5. The molecule has 0 atom stereocenters. The molecule has 0 bridgehead atoms. The first-order valence-corrected chi connectivity index (χ1v) is 12.0. The van der Waals surface area contributed by atoms with Crippen molar-refractivity contribution >= 4 is 38.7 Å². The molecule has 0 aliphatic heterocycles. The molecule has 3 aromatic carbocycles. The minimum absolute atomic E-state index is 0. The molecule has 1 aliphatic carbocycles. The van der Waals surface area contributed by atoms with Crippen LogP contribution in [-0.2, 0) is 23.0 Å². The van der Waals surface area contributed by atoms with E-state index in [-0.39, 0.29) is 57.5 Å². The number of hydrogen-bond donors (Lipinski definition) is 2. The van der Waals surface area contributed by atoms with E-state index in [4.69, 9.17) is 5.73 Å². The van der Waals surface area contributed by atoms with Crippen molar-refractivity contribution in [2.45, 2.75) is 38.5 Å². The number of nitrogens with one attached hydrogen (secondary N) is 1. The van der Waals surface area contributed by atoms with Crippen molar-refractivity contribution in [3.63, 3.8) is 0 Å². The topological polar surface area (TPSA) is 129 Å². The van der Waals surface area contributed by atoms with E-state index in [9.17, 15) is 22.6 Å². The Balaban J connectivity index is 0.00000324. The molecule has 0 amide bonds. The van der Waals surface area contributed by atoms with Gasteiger partial charge >= 0.3 is 29.6 Å². The van der Waals surface area contributed by atoms with Crippen molar-refractivity contribution in [1.29, 1.82) is 0 Å². The van der Waals surface area contributed by atoms with Crippen LogP contribution in [0.1, 0.15) is 62.4 Å². The Kier molecular flexibility index (Phi) is 7.40. The van der Waals surface area contributed by atoms with Crippen molar-refractivity contribution in [2.75, 3.05) is 11.1 Å². The van der Waals surface area contributed by atoms with Gasteiger partial charge in [-0.15, -0.1) is 0 Å². The molecule has 3 aromatic rings. The van der Waals surface area contributed by atoms with Crippen LogP contribution < -0.4 is 40.6 Å². The molecule has 0 saturated carbocycles. The van der Waals surface area contributed by atoms with Gasteiger partial charge in [-0.1, -0.05) is 55.8 Å². The number of carbonyl (C=O) groups excluding carboxylic acids is 2. The Hall–Kier alpha value is -2.49. The molecule has 3 N–H and O–H groups in total. The van der Waals surface area contributed by atoms with Gasteiger partial charge in [-0.25, -0.2) is 8.42 Å². The monoisotopic (exact) mass is 486 g/mol. The number of benzene rings is 3. The third kappa shape index (κ3) is 4.32. The average molecular weight is 487 g/mol. The second-order valence-corrected chi connectivity index (χ2v) is 9.38. The largest absolute Gasteiger partial charge is 1.00 e. The van der Waals surface area contributed by atoms with Gasteiger partial charge in [-0.05, 0) is 37.0 Å². The summed E-state index contributed by atoms with van der Waals surface area (Å²) < 4.78 is 36.0. The van der Waals surface area contributed by atoms with E-state index < -0.39 is 32.3 Å². The van der Waals surface area contributed by atoms with Gasteiger partial charge in [-0.2, -0.15) is 0 Å². The van der Waals surface area contributed by atoms with Crippen LogP contribution in [0.5, 0.6) is 0 Å². The maximum Gasteiger partial charge on any atom is 1.00 e. The van der Waals surface area contributed by atoms with Crippen molar-refractivity contribution in [3.8, 4) is 0 Å². The summed E-state index contributed by atoms with van der Waals surface area (Å²) in [4.78, 5) is 26.0. The minimum atomic E-state index is -5.02. The fraction of sp³-hybridized carbons (Fsp3) is 0.200. The zero-order valence-corrected chi connectivity index (χ0v) is 22.3. The van der Waals surface area contributed by atoms with E-state index in [0.717, 1.165) is 22.8 Å². The molecule has 0 aromatic heterocycles. The van der Waals surface area contributed by atoms with Crippen LogP contribution in [-0.4, -0.2) is 24.5 Å². The molecule has 9 heteroatoms. The van der Waals surface area contributed by atoms with Gasteiger partial charge in [0.05, 0.1) is 27.4 Å². The predicted octanol–water partition coefficient (Wildman–Crippen LogP) is 1.13. The van der Waals surface area contributed by atoms with Crippen molar-refractivity contribution in [2.24, 2.45) is 0 Å². The number of carbonyl (C=O) groups is 2. The van der Waals surface area contributed by atoms with Gasteiger partial charge in [0.1, 0.15) is 10.1 Å². The van der Waals surface area contributed by atoms with Gasteiger partial charge < -0.3 is 15.6 Å². The molecule has 0 fully saturated rings. The molecular weight excluding hydrogens is 463 g/mol. The summed E-state index contributed by atoms with van der Waals surface area (Å²) in [5.41, 5.74) is 9.29. The Morgan fingerprint density at radius 3 is 1.88 bits per heavy atom.